The molecule has 0 spiro atoms. The summed E-state index contributed by atoms with van der Waals surface area (Å²) in [7, 11) is 0. The van der Waals surface area contributed by atoms with Crippen LogP contribution in [0.5, 0.6) is 0 Å². The fourth-order valence-electron chi connectivity index (χ4n) is 20.7. The van der Waals surface area contributed by atoms with E-state index in [1.54, 1.807) is 161 Å². The maximum atomic E-state index is 3.75. The number of fused-ring (bicyclic) bond motifs is 9. The monoisotopic (exact) mass is 780 g/mol. The average molecular weight is 780 g/mol. The zero-order valence-corrected chi connectivity index (χ0v) is 37.0. The first-order valence-electron chi connectivity index (χ1n) is 27.5. The highest BCUT2D eigenvalue weighted by Gasteiger charge is 2.58. The molecule has 3 heteroatoms. The second kappa shape index (κ2) is 16.5. The van der Waals surface area contributed by atoms with Crippen LogP contribution in [0.4, 0.5) is 0 Å². The van der Waals surface area contributed by atoms with Crippen LogP contribution in [0.15, 0.2) is 0 Å². The fourth-order valence-corrected chi connectivity index (χ4v) is 20.7. The number of likely N-dealkylation sites (tertiary alicyclic amines) is 2. The van der Waals surface area contributed by atoms with Gasteiger partial charge in [0.15, 0.2) is 0 Å². The molecule has 9 aliphatic carbocycles. The van der Waals surface area contributed by atoms with E-state index in [0.29, 0.717) is 0 Å². The van der Waals surface area contributed by atoms with Gasteiger partial charge in [-0.15, -0.1) is 0 Å². The third-order valence-electron chi connectivity index (χ3n) is 22.8. The Morgan fingerprint density at radius 1 is 0.246 bits per heavy atom. The summed E-state index contributed by atoms with van der Waals surface area (Å²) < 4.78 is 0. The highest BCUT2D eigenvalue weighted by Crippen LogP contribution is 2.61. The summed E-state index contributed by atoms with van der Waals surface area (Å²) in [6.45, 7) is 2.59. The molecule has 12 fully saturated rings. The number of nitrogens with zero attached hydrogens (tertiary/aromatic N) is 2. The van der Waals surface area contributed by atoms with Gasteiger partial charge in [0.25, 0.3) is 0 Å². The number of piperidine rings is 1. The molecule has 3 heterocycles. The molecule has 0 amide bonds. The molecule has 12 rings (SSSR count). The van der Waals surface area contributed by atoms with E-state index in [1.165, 1.54) is 58.0 Å². The maximum Gasteiger partial charge on any atom is 0.0133 e. The number of hydrogen-bond donors (Lipinski definition) is 1. The summed E-state index contributed by atoms with van der Waals surface area (Å²) in [6, 6.07) is 5.73. The van der Waals surface area contributed by atoms with Gasteiger partial charge in [0, 0.05) is 36.3 Å². The molecule has 57 heavy (non-hydrogen) atoms. The van der Waals surface area contributed by atoms with E-state index in [4.69, 9.17) is 0 Å². The van der Waals surface area contributed by atoms with E-state index in [0.717, 1.165) is 119 Å². The van der Waals surface area contributed by atoms with Crippen molar-refractivity contribution in [2.45, 2.75) is 242 Å². The Balaban J connectivity index is 0.750. The van der Waals surface area contributed by atoms with Crippen LogP contribution in [0.1, 0.15) is 205 Å². The van der Waals surface area contributed by atoms with E-state index in [1.807, 2.05) is 0 Å². The Kier molecular flexibility index (Phi) is 11.2. The highest BCUT2D eigenvalue weighted by atomic mass is 15.3. The first kappa shape index (κ1) is 38.5. The normalized spacial score (nSPS) is 52.6. The Bertz CT molecular complexity index is 1320. The van der Waals surface area contributed by atoms with Crippen LogP contribution in [0.3, 0.4) is 0 Å². The van der Waals surface area contributed by atoms with E-state index in [2.05, 4.69) is 15.1 Å². The van der Waals surface area contributed by atoms with Gasteiger partial charge < -0.3 is 5.32 Å². The van der Waals surface area contributed by atoms with E-state index in [-0.39, 0.29) is 0 Å². The van der Waals surface area contributed by atoms with Crippen LogP contribution in [-0.4, -0.2) is 59.1 Å². The quantitative estimate of drug-likeness (QED) is 0.300. The second-order valence-corrected chi connectivity index (χ2v) is 24.7. The highest BCUT2D eigenvalue weighted by molar-refractivity contribution is 5.11. The Labute approximate surface area is 351 Å². The molecule has 0 aromatic carbocycles. The minimum Gasteiger partial charge on any atom is -0.317 e. The summed E-state index contributed by atoms with van der Waals surface area (Å²) in [5.41, 5.74) is 0. The summed E-state index contributed by atoms with van der Waals surface area (Å²) >= 11 is 0. The van der Waals surface area contributed by atoms with Crippen molar-refractivity contribution < 1.29 is 0 Å². The van der Waals surface area contributed by atoms with Crippen molar-refractivity contribution in [2.75, 3.05) is 13.1 Å². The van der Waals surface area contributed by atoms with Crippen molar-refractivity contribution in [3.63, 3.8) is 0 Å². The molecule has 1 N–H and O–H groups in total. The molecule has 18 atom stereocenters. The van der Waals surface area contributed by atoms with E-state index in [9.17, 15) is 0 Å². The Hall–Kier alpha value is -0.120. The van der Waals surface area contributed by atoms with E-state index >= 15 is 0 Å². The summed E-state index contributed by atoms with van der Waals surface area (Å²) in [5, 5.41) is 3.75. The average Bonchev–Trinajstić information content (AvgIpc) is 3.94. The van der Waals surface area contributed by atoms with Crippen molar-refractivity contribution in [3.05, 3.63) is 0 Å². The lowest BCUT2D eigenvalue weighted by Crippen LogP contribution is -2.52. The van der Waals surface area contributed by atoms with Crippen LogP contribution in [0.25, 0.3) is 0 Å². The summed E-state index contributed by atoms with van der Waals surface area (Å²) in [5.74, 6) is 15.0. The number of nitrogens with one attached hydrogen (secondary N) is 1. The second-order valence-electron chi connectivity index (χ2n) is 24.7. The van der Waals surface area contributed by atoms with Crippen molar-refractivity contribution in [2.24, 2.45) is 82.9 Å². The predicted molar refractivity (Wildman–Crippen MR) is 236 cm³/mol. The minimum atomic E-state index is 0.925. The molecule has 0 aromatic rings. The third kappa shape index (κ3) is 7.03. The zero-order chi connectivity index (χ0) is 37.5. The van der Waals surface area contributed by atoms with Crippen LogP contribution < -0.4 is 5.32 Å². The molecule has 3 saturated heterocycles. The topological polar surface area (TPSA) is 18.5 Å². The van der Waals surface area contributed by atoms with Gasteiger partial charge in [0.1, 0.15) is 0 Å². The molecule has 3 nitrogen and oxygen atoms in total. The van der Waals surface area contributed by atoms with Crippen LogP contribution >= 0.6 is 0 Å². The van der Waals surface area contributed by atoms with Crippen LogP contribution in [0, 0.1) is 82.9 Å². The number of hydrogen-bond acceptors (Lipinski definition) is 3. The van der Waals surface area contributed by atoms with Gasteiger partial charge in [-0.1, -0.05) is 77.0 Å². The molecule has 0 radical (unpaired) electrons. The molecular formula is C54H89N3. The Morgan fingerprint density at radius 2 is 0.719 bits per heavy atom. The lowest BCUT2D eigenvalue weighted by molar-refractivity contribution is -0.00548. The molecule has 12 aliphatic rings. The SMILES string of the molecule is C1CCC(C2CC(C3CCNCC3)CC(N3C4CCCCC4C4CC(C5CCC6C(C5)C5CCCCC5N6C5CCC6CC7CCCCC7C6C5)CCC43)C2)CC1. The largest absolute Gasteiger partial charge is 0.317 e. The van der Waals surface area contributed by atoms with E-state index < -0.39 is 0 Å². The standard InChI is InChI=1S/C54H89N3/c1-2-10-35(11-3-1)41-29-42(36-24-26-55-27-25-36)31-44(30-41)57-52-17-9-7-15-47(52)50-33-38(20-23-54(50)57)37-19-22-53-49(32-37)46-14-6-8-16-51(46)56(53)43-21-18-40-28-39-12-4-5-13-45(39)48(40)34-43/h35-55H,1-34H2. The van der Waals surface area contributed by atoms with Crippen molar-refractivity contribution in [1.29, 1.82) is 0 Å². The molecule has 0 aromatic heterocycles. The van der Waals surface area contributed by atoms with Crippen molar-refractivity contribution in [3.8, 4) is 0 Å². The third-order valence-corrected chi connectivity index (χ3v) is 22.8. The van der Waals surface area contributed by atoms with Crippen molar-refractivity contribution >= 4 is 0 Å². The molecule has 320 valence electrons. The molecular weight excluding hydrogens is 691 g/mol. The van der Waals surface area contributed by atoms with Gasteiger partial charge in [0.05, 0.1) is 0 Å². The van der Waals surface area contributed by atoms with Crippen LogP contribution in [-0.2, 0) is 0 Å². The first-order valence-corrected chi connectivity index (χ1v) is 27.5. The Morgan fingerprint density at radius 3 is 1.39 bits per heavy atom. The first-order chi connectivity index (χ1) is 28.2. The van der Waals surface area contributed by atoms with Gasteiger partial charge in [-0.2, -0.15) is 0 Å². The smallest absolute Gasteiger partial charge is 0.0133 e. The maximum absolute atomic E-state index is 3.75. The van der Waals surface area contributed by atoms with Gasteiger partial charge >= 0.3 is 0 Å². The van der Waals surface area contributed by atoms with Gasteiger partial charge in [0.2, 0.25) is 0 Å². The predicted octanol–water partition coefficient (Wildman–Crippen LogP) is 12.7. The lowest BCUT2D eigenvalue weighted by atomic mass is 9.62. The molecule has 18 unspecified atom stereocenters. The molecule has 0 bridgehead atoms. The zero-order valence-electron chi connectivity index (χ0n) is 37.0. The van der Waals surface area contributed by atoms with Gasteiger partial charge in [-0.05, 0) is 224 Å². The van der Waals surface area contributed by atoms with Crippen LogP contribution in [0.2, 0.25) is 0 Å². The lowest BCUT2D eigenvalue weighted by Gasteiger charge is -2.50. The van der Waals surface area contributed by atoms with Gasteiger partial charge in [-0.3, -0.25) is 9.80 Å². The minimum absolute atomic E-state index is 0.925. The summed E-state index contributed by atoms with van der Waals surface area (Å²) in [4.78, 5) is 6.82. The molecule has 3 aliphatic heterocycles. The summed E-state index contributed by atoms with van der Waals surface area (Å²) in [6.07, 6.45) is 50.3. The molecule has 9 saturated carbocycles. The number of rotatable bonds is 5. The van der Waals surface area contributed by atoms with Crippen molar-refractivity contribution in [1.82, 2.24) is 15.1 Å². The fraction of sp³-hybridized carbons (Fsp3) is 1.00. The van der Waals surface area contributed by atoms with Gasteiger partial charge in [-0.25, -0.2) is 0 Å².